The Hall–Kier alpha value is -4.78. The number of ether oxygens (including phenoxy) is 5. The highest BCUT2D eigenvalue weighted by atomic mass is 32.2. The molecule has 0 bridgehead atoms. The summed E-state index contributed by atoms with van der Waals surface area (Å²) in [4.78, 5) is 26.8. The lowest BCUT2D eigenvalue weighted by Gasteiger charge is -2.10. The minimum absolute atomic E-state index is 0.0149. The summed E-state index contributed by atoms with van der Waals surface area (Å²) in [6, 6.07) is 25.6. The number of rotatable bonds is 20. The number of halogens is 2. The van der Waals surface area contributed by atoms with Crippen molar-refractivity contribution < 1.29 is 42.1 Å². The SMILES string of the molecule is CSc1ccc(C=C2C(C)=C(CC(=O)OCCOCCOCCOCCOC(=O)CC3=C(C)/C(=C/c4ccc(CS)cc4)c4ccc(F)cc43)c3cc(F)ccc32)cc1. The molecule has 4 aromatic carbocycles. The first kappa shape index (κ1) is 43.8. The van der Waals surface area contributed by atoms with Crippen molar-refractivity contribution in [3.63, 3.8) is 0 Å². The fraction of sp³-hybridized carbons (Fsp3) is 0.292. The number of hydrogen-bond acceptors (Lipinski definition) is 9. The Morgan fingerprint density at radius 1 is 0.576 bits per heavy atom. The molecule has 0 spiro atoms. The third-order valence-corrected chi connectivity index (χ3v) is 11.3. The number of carbonyl (C=O) groups excluding carboxylic acids is 2. The van der Waals surface area contributed by atoms with Gasteiger partial charge in [0.05, 0.1) is 52.5 Å². The average Bonchev–Trinajstić information content (AvgIpc) is 3.63. The molecule has 0 atom stereocenters. The van der Waals surface area contributed by atoms with Gasteiger partial charge in [-0.1, -0.05) is 48.5 Å². The zero-order valence-corrected chi connectivity index (χ0v) is 35.2. The fourth-order valence-electron chi connectivity index (χ4n) is 7.08. The van der Waals surface area contributed by atoms with E-state index < -0.39 is 11.9 Å². The van der Waals surface area contributed by atoms with Gasteiger partial charge in [-0.15, -0.1) is 11.8 Å². The van der Waals surface area contributed by atoms with E-state index in [2.05, 4.69) is 36.9 Å². The van der Waals surface area contributed by atoms with Gasteiger partial charge in [0, 0.05) is 10.6 Å². The highest BCUT2D eigenvalue weighted by Gasteiger charge is 2.27. The van der Waals surface area contributed by atoms with Crippen LogP contribution in [-0.4, -0.2) is 71.0 Å². The lowest BCUT2D eigenvalue weighted by molar-refractivity contribution is -0.144. The number of thioether (sulfide) groups is 1. The van der Waals surface area contributed by atoms with Crippen LogP contribution in [0.1, 0.15) is 65.6 Å². The molecule has 0 saturated carbocycles. The highest BCUT2D eigenvalue weighted by Crippen LogP contribution is 2.45. The smallest absolute Gasteiger partial charge is 0.310 e. The van der Waals surface area contributed by atoms with Gasteiger partial charge < -0.3 is 23.7 Å². The molecule has 0 fully saturated rings. The van der Waals surface area contributed by atoms with Crippen LogP contribution in [0, 0.1) is 11.6 Å². The molecule has 2 aliphatic carbocycles. The van der Waals surface area contributed by atoms with Crippen molar-refractivity contribution in [1.29, 1.82) is 0 Å². The molecule has 59 heavy (non-hydrogen) atoms. The van der Waals surface area contributed by atoms with Crippen LogP contribution in [0.4, 0.5) is 8.78 Å². The maximum Gasteiger partial charge on any atom is 0.310 e. The molecule has 0 saturated heterocycles. The van der Waals surface area contributed by atoms with Crippen molar-refractivity contribution in [2.75, 3.05) is 59.1 Å². The molecule has 4 aromatic rings. The van der Waals surface area contributed by atoms with Crippen LogP contribution in [-0.2, 0) is 39.0 Å². The molecule has 0 aromatic heterocycles. The molecule has 11 heteroatoms. The van der Waals surface area contributed by atoms with E-state index in [1.165, 1.54) is 29.2 Å². The van der Waals surface area contributed by atoms with Crippen molar-refractivity contribution >= 4 is 70.8 Å². The fourth-order valence-corrected chi connectivity index (χ4v) is 7.70. The maximum absolute atomic E-state index is 14.3. The molecule has 0 heterocycles. The standard InChI is InChI=1S/C48H48F2O7S2/c1-31-41(24-33-4-6-35(30-58)7-5-33)39-14-10-36(49)26-45(39)43(31)28-47(51)56-22-20-54-18-16-53-17-19-55-21-23-57-48(52)29-44-32(2)42(40-15-11-37(50)27-46(40)44)25-34-8-12-38(59-3)13-9-34/h4-15,24-27,58H,16-23,28-30H2,1-3H3/b41-24-,42-25?. The van der Waals surface area contributed by atoms with E-state index in [0.29, 0.717) is 43.3 Å². The molecule has 6 rings (SSSR count). The van der Waals surface area contributed by atoms with E-state index in [9.17, 15) is 18.4 Å². The largest absolute Gasteiger partial charge is 0.463 e. The van der Waals surface area contributed by atoms with Gasteiger partial charge in [-0.2, -0.15) is 12.6 Å². The van der Waals surface area contributed by atoms with Crippen LogP contribution in [0.3, 0.4) is 0 Å². The molecule has 7 nitrogen and oxygen atoms in total. The van der Waals surface area contributed by atoms with Crippen LogP contribution >= 0.6 is 24.4 Å². The van der Waals surface area contributed by atoms with Crippen molar-refractivity contribution in [3.8, 4) is 0 Å². The number of thiol groups is 1. The molecule has 0 unspecified atom stereocenters. The summed E-state index contributed by atoms with van der Waals surface area (Å²) >= 11 is 6.00. The summed E-state index contributed by atoms with van der Waals surface area (Å²) in [7, 11) is 0. The van der Waals surface area contributed by atoms with E-state index >= 15 is 0 Å². The summed E-state index contributed by atoms with van der Waals surface area (Å²) in [5.74, 6) is -0.903. The van der Waals surface area contributed by atoms with Crippen molar-refractivity contribution in [3.05, 3.63) is 147 Å². The lowest BCUT2D eigenvalue weighted by atomic mass is 10.00. The molecular weight excluding hydrogens is 791 g/mol. The first-order valence-corrected chi connectivity index (χ1v) is 21.3. The summed E-state index contributed by atoms with van der Waals surface area (Å²) in [6.45, 7) is 5.72. The van der Waals surface area contributed by atoms with Crippen LogP contribution < -0.4 is 0 Å². The number of esters is 2. The predicted octanol–water partition coefficient (Wildman–Crippen LogP) is 10.4. The van der Waals surface area contributed by atoms with Gasteiger partial charge in [-0.3, -0.25) is 9.59 Å². The van der Waals surface area contributed by atoms with Crippen molar-refractivity contribution in [1.82, 2.24) is 0 Å². The van der Waals surface area contributed by atoms with Gasteiger partial charge in [0.2, 0.25) is 0 Å². The van der Waals surface area contributed by atoms with E-state index in [0.717, 1.165) is 61.3 Å². The topological polar surface area (TPSA) is 80.3 Å². The van der Waals surface area contributed by atoms with Crippen molar-refractivity contribution in [2.24, 2.45) is 0 Å². The van der Waals surface area contributed by atoms with Gasteiger partial charge >= 0.3 is 11.9 Å². The monoisotopic (exact) mass is 838 g/mol. The van der Waals surface area contributed by atoms with Gasteiger partial charge in [-0.25, -0.2) is 8.78 Å². The minimum Gasteiger partial charge on any atom is -0.463 e. The Balaban J connectivity index is 0.845. The molecule has 0 radical (unpaired) electrons. The Morgan fingerprint density at radius 2 is 0.983 bits per heavy atom. The number of benzene rings is 4. The molecule has 308 valence electrons. The Bertz CT molecular complexity index is 2100. The first-order chi connectivity index (χ1) is 28.6. The number of allylic oxidation sites excluding steroid dienone is 4. The number of fused-ring (bicyclic) bond motifs is 2. The van der Waals surface area contributed by atoms with Crippen LogP contribution in [0.5, 0.6) is 0 Å². The van der Waals surface area contributed by atoms with Crippen LogP contribution in [0.15, 0.2) is 101 Å². The Kier molecular flexibility index (Phi) is 15.9. The van der Waals surface area contributed by atoms with Gasteiger partial charge in [0.25, 0.3) is 0 Å². The third kappa shape index (κ3) is 11.7. The maximum atomic E-state index is 14.3. The Morgan fingerprint density at radius 3 is 1.39 bits per heavy atom. The zero-order valence-electron chi connectivity index (χ0n) is 33.5. The zero-order chi connectivity index (χ0) is 41.7. The molecule has 2 aliphatic rings. The van der Waals surface area contributed by atoms with Crippen LogP contribution in [0.2, 0.25) is 0 Å². The molecule has 0 amide bonds. The van der Waals surface area contributed by atoms with Crippen molar-refractivity contribution in [2.45, 2.75) is 37.3 Å². The quantitative estimate of drug-likeness (QED) is 0.0408. The lowest BCUT2D eigenvalue weighted by Crippen LogP contribution is -2.15. The highest BCUT2D eigenvalue weighted by molar-refractivity contribution is 7.98. The molecule has 0 aliphatic heterocycles. The average molecular weight is 839 g/mol. The second-order valence-corrected chi connectivity index (χ2v) is 15.2. The second-order valence-electron chi connectivity index (χ2n) is 14.0. The van der Waals surface area contributed by atoms with Crippen LogP contribution in [0.25, 0.3) is 34.4 Å². The van der Waals surface area contributed by atoms with E-state index in [1.54, 1.807) is 23.9 Å². The second kappa shape index (κ2) is 21.5. The minimum atomic E-state index is -0.419. The normalized spacial score (nSPS) is 14.7. The van der Waals surface area contributed by atoms with E-state index in [1.807, 2.05) is 56.5 Å². The summed E-state index contributed by atoms with van der Waals surface area (Å²) in [5.41, 5.74) is 11.6. The summed E-state index contributed by atoms with van der Waals surface area (Å²) < 4.78 is 56.1. The third-order valence-electron chi connectivity index (χ3n) is 10.2. The van der Waals surface area contributed by atoms with E-state index in [-0.39, 0.29) is 50.9 Å². The Labute approximate surface area is 354 Å². The summed E-state index contributed by atoms with van der Waals surface area (Å²) in [5, 5.41) is 0. The molecular formula is C48H48F2O7S2. The number of carbonyl (C=O) groups is 2. The van der Waals surface area contributed by atoms with Gasteiger partial charge in [0.15, 0.2) is 0 Å². The number of hydrogen-bond donors (Lipinski definition) is 1. The summed E-state index contributed by atoms with van der Waals surface area (Å²) in [6.07, 6.45) is 6.18. The van der Waals surface area contributed by atoms with Gasteiger partial charge in [0.1, 0.15) is 24.8 Å². The van der Waals surface area contributed by atoms with E-state index in [4.69, 9.17) is 23.7 Å². The predicted molar refractivity (Wildman–Crippen MR) is 235 cm³/mol. The molecule has 0 N–H and O–H groups in total. The van der Waals surface area contributed by atoms with Gasteiger partial charge in [-0.05, 0) is 141 Å². The first-order valence-electron chi connectivity index (χ1n) is 19.5.